The second kappa shape index (κ2) is 4.09. The molecular weight excluding hydrogens is 212 g/mol. The summed E-state index contributed by atoms with van der Waals surface area (Å²) >= 11 is 0. The van der Waals surface area contributed by atoms with E-state index in [1.54, 1.807) is 0 Å². The highest BCUT2D eigenvalue weighted by atomic mass is 16.5. The number of H-pyrrole nitrogens is 2. The third-order valence-electron chi connectivity index (χ3n) is 2.64. The van der Waals surface area contributed by atoms with Gasteiger partial charge in [0.2, 0.25) is 5.82 Å². The fourth-order valence-corrected chi connectivity index (χ4v) is 1.71. The van der Waals surface area contributed by atoms with Gasteiger partial charge in [0.15, 0.2) is 0 Å². The Morgan fingerprint density at radius 1 is 1.56 bits per heavy atom. The quantitative estimate of drug-likeness (QED) is 0.641. The van der Waals surface area contributed by atoms with Gasteiger partial charge in [0, 0.05) is 13.2 Å². The summed E-state index contributed by atoms with van der Waals surface area (Å²) < 4.78 is 5.55. The number of aromatic amines is 2. The van der Waals surface area contributed by atoms with Crippen molar-refractivity contribution in [2.75, 3.05) is 18.5 Å². The second-order valence-corrected chi connectivity index (χ2v) is 4.11. The van der Waals surface area contributed by atoms with E-state index in [4.69, 9.17) is 4.74 Å². The highest BCUT2D eigenvalue weighted by molar-refractivity contribution is 5.29. The zero-order valence-corrected chi connectivity index (χ0v) is 9.00. The van der Waals surface area contributed by atoms with Crippen molar-refractivity contribution in [3.8, 4) is 0 Å². The van der Waals surface area contributed by atoms with Crippen molar-refractivity contribution in [1.29, 1.82) is 0 Å². The molecule has 1 aliphatic rings. The average molecular weight is 226 g/mol. The highest BCUT2D eigenvalue weighted by Gasteiger charge is 2.29. The molecule has 1 aromatic rings. The van der Waals surface area contributed by atoms with Crippen molar-refractivity contribution in [3.05, 3.63) is 20.8 Å². The van der Waals surface area contributed by atoms with Gasteiger partial charge in [0.25, 0.3) is 5.56 Å². The van der Waals surface area contributed by atoms with E-state index in [-0.39, 0.29) is 11.4 Å². The third kappa shape index (κ3) is 2.30. The Kier molecular flexibility index (Phi) is 2.78. The first-order valence-electron chi connectivity index (χ1n) is 5.16. The molecule has 0 spiro atoms. The summed E-state index contributed by atoms with van der Waals surface area (Å²) in [5, 5.41) is 8.66. The standard InChI is InChI=1S/C9H14N4O3/c1-9(3-2-4-16-9)5-10-6-7(14)11-8(15)13-12-6/h2-5H2,1H3,(H,10,12)(H2,11,13,14,15). The van der Waals surface area contributed by atoms with Crippen molar-refractivity contribution in [3.63, 3.8) is 0 Å². The lowest BCUT2D eigenvalue weighted by Crippen LogP contribution is -2.35. The van der Waals surface area contributed by atoms with Crippen LogP contribution in [0.1, 0.15) is 19.8 Å². The van der Waals surface area contributed by atoms with Gasteiger partial charge in [-0.15, -0.1) is 5.10 Å². The van der Waals surface area contributed by atoms with Crippen molar-refractivity contribution in [2.45, 2.75) is 25.4 Å². The number of aromatic nitrogens is 3. The topological polar surface area (TPSA) is 99.9 Å². The van der Waals surface area contributed by atoms with Crippen molar-refractivity contribution in [2.24, 2.45) is 0 Å². The maximum atomic E-state index is 11.3. The van der Waals surface area contributed by atoms with E-state index in [0.29, 0.717) is 6.54 Å². The first-order chi connectivity index (χ1) is 7.59. The van der Waals surface area contributed by atoms with Gasteiger partial charge in [0.05, 0.1) is 5.60 Å². The Morgan fingerprint density at radius 2 is 2.38 bits per heavy atom. The van der Waals surface area contributed by atoms with Gasteiger partial charge >= 0.3 is 5.69 Å². The second-order valence-electron chi connectivity index (χ2n) is 4.11. The SMILES string of the molecule is CC1(CNc2n[nH]c(=O)[nH]c2=O)CCCO1. The summed E-state index contributed by atoms with van der Waals surface area (Å²) in [6, 6.07) is 0. The summed E-state index contributed by atoms with van der Waals surface area (Å²) in [4.78, 5) is 24.1. The fourth-order valence-electron chi connectivity index (χ4n) is 1.71. The third-order valence-corrected chi connectivity index (χ3v) is 2.64. The predicted octanol–water partition coefficient (Wildman–Crippen LogP) is -0.561. The van der Waals surface area contributed by atoms with Gasteiger partial charge in [-0.05, 0) is 19.8 Å². The summed E-state index contributed by atoms with van der Waals surface area (Å²) in [5.74, 6) is 0.108. The molecule has 1 fully saturated rings. The smallest absolute Gasteiger partial charge is 0.342 e. The molecule has 1 saturated heterocycles. The summed E-state index contributed by atoms with van der Waals surface area (Å²) in [5.41, 5.74) is -1.39. The van der Waals surface area contributed by atoms with Gasteiger partial charge < -0.3 is 10.1 Å². The maximum absolute atomic E-state index is 11.3. The number of ether oxygens (including phenoxy) is 1. The molecule has 1 aliphatic heterocycles. The molecule has 2 heterocycles. The molecule has 3 N–H and O–H groups in total. The van der Waals surface area contributed by atoms with E-state index < -0.39 is 11.2 Å². The van der Waals surface area contributed by atoms with Crippen LogP contribution in [0.2, 0.25) is 0 Å². The monoisotopic (exact) mass is 226 g/mol. The molecule has 0 saturated carbocycles. The molecule has 0 aromatic carbocycles. The van der Waals surface area contributed by atoms with Crippen LogP contribution >= 0.6 is 0 Å². The summed E-state index contributed by atoms with van der Waals surface area (Å²) in [6.07, 6.45) is 1.97. The molecule has 88 valence electrons. The van der Waals surface area contributed by atoms with E-state index in [1.807, 2.05) is 6.92 Å². The van der Waals surface area contributed by atoms with Gasteiger partial charge in [-0.1, -0.05) is 0 Å². The Balaban J connectivity index is 2.04. The van der Waals surface area contributed by atoms with E-state index in [9.17, 15) is 9.59 Å². The van der Waals surface area contributed by atoms with Gasteiger partial charge in [-0.2, -0.15) is 0 Å². The highest BCUT2D eigenvalue weighted by Crippen LogP contribution is 2.24. The first kappa shape index (κ1) is 10.9. The Bertz CT molecular complexity index is 472. The van der Waals surface area contributed by atoms with E-state index in [0.717, 1.165) is 19.4 Å². The average Bonchev–Trinajstić information content (AvgIpc) is 2.64. The minimum Gasteiger partial charge on any atom is -0.373 e. The minimum atomic E-state index is -0.612. The Labute approximate surface area is 91.2 Å². The zero-order valence-electron chi connectivity index (χ0n) is 9.00. The molecular formula is C9H14N4O3. The van der Waals surface area contributed by atoms with Crippen molar-refractivity contribution < 1.29 is 4.74 Å². The summed E-state index contributed by atoms with van der Waals surface area (Å²) in [6.45, 7) is 3.22. The molecule has 1 aromatic heterocycles. The maximum Gasteiger partial charge on any atom is 0.342 e. The van der Waals surface area contributed by atoms with Gasteiger partial charge in [0.1, 0.15) is 0 Å². The largest absolute Gasteiger partial charge is 0.373 e. The molecule has 0 radical (unpaired) electrons. The van der Waals surface area contributed by atoms with Crippen LogP contribution in [-0.2, 0) is 4.74 Å². The van der Waals surface area contributed by atoms with Gasteiger partial charge in [-0.3, -0.25) is 9.78 Å². The lowest BCUT2D eigenvalue weighted by Gasteiger charge is -2.23. The normalized spacial score (nSPS) is 24.6. The van der Waals surface area contributed by atoms with Crippen LogP contribution in [0, 0.1) is 0 Å². The number of nitrogens with zero attached hydrogens (tertiary/aromatic N) is 1. The summed E-state index contributed by atoms with van der Waals surface area (Å²) in [7, 11) is 0. The molecule has 1 atom stereocenters. The Hall–Kier alpha value is -1.63. The number of rotatable bonds is 3. The molecule has 0 aliphatic carbocycles. The van der Waals surface area contributed by atoms with Gasteiger partial charge in [-0.25, -0.2) is 9.89 Å². The molecule has 7 nitrogen and oxygen atoms in total. The molecule has 1 unspecified atom stereocenters. The minimum absolute atomic E-state index is 0.108. The molecule has 16 heavy (non-hydrogen) atoms. The zero-order chi connectivity index (χ0) is 11.6. The fraction of sp³-hybridized carbons (Fsp3) is 0.667. The first-order valence-corrected chi connectivity index (χ1v) is 5.16. The lowest BCUT2D eigenvalue weighted by atomic mass is 10.0. The van der Waals surface area contributed by atoms with Crippen LogP contribution in [0.25, 0.3) is 0 Å². The number of nitrogens with one attached hydrogen (secondary N) is 3. The number of hydrogen-bond acceptors (Lipinski definition) is 5. The number of anilines is 1. The van der Waals surface area contributed by atoms with Crippen LogP contribution in [0.15, 0.2) is 9.59 Å². The van der Waals surface area contributed by atoms with Crippen LogP contribution in [0.4, 0.5) is 5.82 Å². The Morgan fingerprint density at radius 3 is 3.00 bits per heavy atom. The molecule has 2 rings (SSSR count). The molecule has 7 heteroatoms. The lowest BCUT2D eigenvalue weighted by molar-refractivity contribution is 0.0314. The van der Waals surface area contributed by atoms with Crippen molar-refractivity contribution in [1.82, 2.24) is 15.2 Å². The number of hydrogen-bond donors (Lipinski definition) is 3. The van der Waals surface area contributed by atoms with E-state index >= 15 is 0 Å². The predicted molar refractivity (Wildman–Crippen MR) is 57.6 cm³/mol. The van der Waals surface area contributed by atoms with Crippen LogP contribution in [0.3, 0.4) is 0 Å². The van der Waals surface area contributed by atoms with Crippen LogP contribution in [0.5, 0.6) is 0 Å². The molecule has 0 bridgehead atoms. The molecule has 0 amide bonds. The van der Waals surface area contributed by atoms with Crippen LogP contribution < -0.4 is 16.6 Å². The van der Waals surface area contributed by atoms with E-state index in [2.05, 4.69) is 20.5 Å². The van der Waals surface area contributed by atoms with Crippen LogP contribution in [-0.4, -0.2) is 33.9 Å². The van der Waals surface area contributed by atoms with Crippen molar-refractivity contribution >= 4 is 5.82 Å². The van der Waals surface area contributed by atoms with E-state index in [1.165, 1.54) is 0 Å².